The van der Waals surface area contributed by atoms with Gasteiger partial charge in [-0.2, -0.15) is 4.31 Å². The molecule has 1 rings (SSSR count). The van der Waals surface area contributed by atoms with Gasteiger partial charge >= 0.3 is 10.2 Å². The topological polar surface area (TPSA) is 86.1 Å². The van der Waals surface area contributed by atoms with Crippen LogP contribution in [0.3, 0.4) is 0 Å². The summed E-state index contributed by atoms with van der Waals surface area (Å²) in [6.45, 7) is 2.49. The van der Waals surface area contributed by atoms with Crippen LogP contribution in [0.4, 0.5) is 0 Å². The lowest BCUT2D eigenvalue weighted by Gasteiger charge is -2.18. The average Bonchev–Trinajstić information content (AvgIpc) is 2.43. The first-order chi connectivity index (χ1) is 9.60. The van der Waals surface area contributed by atoms with E-state index in [2.05, 4.69) is 9.43 Å². The first kappa shape index (κ1) is 16.2. The Morgan fingerprint density at radius 2 is 2.00 bits per heavy atom. The summed E-state index contributed by atoms with van der Waals surface area (Å²) in [5.41, 5.74) is 9.22. The van der Waals surface area contributed by atoms with Crippen LogP contribution in [0, 0.1) is 0 Å². The summed E-state index contributed by atoms with van der Waals surface area (Å²) in [6.07, 6.45) is 5.38. The Kier molecular flexibility index (Phi) is 6.79. The van der Waals surface area contributed by atoms with Crippen molar-refractivity contribution in [3.63, 3.8) is 0 Å². The van der Waals surface area contributed by atoms with Crippen LogP contribution < -0.4 is 0 Å². The molecule has 1 aromatic carbocycles. The molecule has 0 aliphatic carbocycles. The molecule has 0 saturated heterocycles. The predicted molar refractivity (Wildman–Crippen MR) is 79.0 cm³/mol. The van der Waals surface area contributed by atoms with Gasteiger partial charge in [-0.3, -0.25) is 0 Å². The molecule has 0 heterocycles. The zero-order valence-electron chi connectivity index (χ0n) is 11.4. The first-order valence-corrected chi connectivity index (χ1v) is 7.75. The van der Waals surface area contributed by atoms with Crippen molar-refractivity contribution in [1.29, 1.82) is 0 Å². The normalized spacial score (nSPS) is 11.7. The standard InChI is InChI=1S/C13H18N4O2S/c1-2-3-4-8-11-17(20(18,19)16-15-14)12-13-9-6-5-7-10-13/h3-7,9-10H,2,8,11-12H2,1H3/b4-3+. The lowest BCUT2D eigenvalue weighted by molar-refractivity contribution is 0.412. The molecule has 0 amide bonds. The van der Waals surface area contributed by atoms with Crippen LogP contribution in [-0.2, 0) is 16.8 Å². The van der Waals surface area contributed by atoms with Crippen LogP contribution in [0.25, 0.3) is 10.4 Å². The van der Waals surface area contributed by atoms with E-state index in [0.717, 1.165) is 12.0 Å². The molecular weight excluding hydrogens is 276 g/mol. The van der Waals surface area contributed by atoms with Crippen molar-refractivity contribution in [2.45, 2.75) is 26.3 Å². The molecule has 7 heteroatoms. The van der Waals surface area contributed by atoms with E-state index in [9.17, 15) is 8.42 Å². The quantitative estimate of drug-likeness (QED) is 0.318. The monoisotopic (exact) mass is 294 g/mol. The highest BCUT2D eigenvalue weighted by molar-refractivity contribution is 7.87. The number of allylic oxidation sites excluding steroid dienone is 1. The Bertz CT molecular complexity index is 578. The molecule has 6 nitrogen and oxygen atoms in total. The number of nitrogens with zero attached hydrogens (tertiary/aromatic N) is 4. The van der Waals surface area contributed by atoms with Crippen molar-refractivity contribution in [2.24, 2.45) is 4.52 Å². The second-order valence-corrected chi connectivity index (χ2v) is 5.71. The SMILES string of the molecule is CC/C=C/CCN(Cc1ccccc1)S(=O)(=O)N=[N+]=[N-]. The van der Waals surface area contributed by atoms with Gasteiger partial charge < -0.3 is 0 Å². The van der Waals surface area contributed by atoms with E-state index in [1.165, 1.54) is 4.31 Å². The van der Waals surface area contributed by atoms with Crippen LogP contribution in [0.15, 0.2) is 47.0 Å². The third kappa shape index (κ3) is 5.44. The van der Waals surface area contributed by atoms with Gasteiger partial charge in [-0.25, -0.2) is 8.42 Å². The summed E-state index contributed by atoms with van der Waals surface area (Å²) in [5, 5.41) is 0. The minimum absolute atomic E-state index is 0.197. The predicted octanol–water partition coefficient (Wildman–Crippen LogP) is 3.40. The molecule has 0 saturated carbocycles. The number of benzene rings is 1. The van der Waals surface area contributed by atoms with Crippen LogP contribution in [0.1, 0.15) is 25.3 Å². The highest BCUT2D eigenvalue weighted by atomic mass is 32.2. The Morgan fingerprint density at radius 1 is 1.30 bits per heavy atom. The van der Waals surface area contributed by atoms with Gasteiger partial charge in [0, 0.05) is 22.5 Å². The largest absolute Gasteiger partial charge is 0.302 e. The average molecular weight is 294 g/mol. The van der Waals surface area contributed by atoms with Gasteiger partial charge in [-0.15, -0.1) is 0 Å². The minimum Gasteiger partial charge on any atom is -0.204 e. The Hall–Kier alpha value is -1.82. The molecule has 0 aliphatic rings. The van der Waals surface area contributed by atoms with Gasteiger partial charge in [-0.05, 0) is 23.9 Å². The summed E-state index contributed by atoms with van der Waals surface area (Å²) in [5.74, 6) is 0. The summed E-state index contributed by atoms with van der Waals surface area (Å²) >= 11 is 0. The number of rotatable bonds is 8. The van der Waals surface area contributed by atoms with Gasteiger partial charge in [0.25, 0.3) is 0 Å². The van der Waals surface area contributed by atoms with Crippen molar-refractivity contribution >= 4 is 10.2 Å². The molecule has 108 valence electrons. The molecule has 20 heavy (non-hydrogen) atoms. The molecule has 0 radical (unpaired) electrons. The van der Waals surface area contributed by atoms with E-state index in [1.54, 1.807) is 0 Å². The highest BCUT2D eigenvalue weighted by Gasteiger charge is 2.19. The Labute approximate surface area is 119 Å². The highest BCUT2D eigenvalue weighted by Crippen LogP contribution is 2.12. The van der Waals surface area contributed by atoms with E-state index < -0.39 is 10.2 Å². The van der Waals surface area contributed by atoms with Gasteiger partial charge in [0.1, 0.15) is 0 Å². The molecular formula is C13H18N4O2S. The van der Waals surface area contributed by atoms with Crippen molar-refractivity contribution in [3.05, 3.63) is 58.5 Å². The first-order valence-electron chi connectivity index (χ1n) is 6.35. The zero-order valence-corrected chi connectivity index (χ0v) is 12.2. The fourth-order valence-corrected chi connectivity index (χ4v) is 2.51. The maximum absolute atomic E-state index is 11.9. The van der Waals surface area contributed by atoms with Crippen molar-refractivity contribution in [1.82, 2.24) is 4.31 Å². The van der Waals surface area contributed by atoms with Gasteiger partial charge in [-0.1, -0.05) is 49.4 Å². The maximum Gasteiger partial charge on any atom is 0.302 e. The summed E-state index contributed by atoms with van der Waals surface area (Å²) in [7, 11) is -3.95. The van der Waals surface area contributed by atoms with E-state index >= 15 is 0 Å². The van der Waals surface area contributed by atoms with E-state index in [0.29, 0.717) is 6.42 Å². The molecule has 0 aliphatic heterocycles. The molecule has 0 aromatic heterocycles. The minimum atomic E-state index is -3.95. The zero-order chi connectivity index (χ0) is 14.8. The number of hydrogen-bond acceptors (Lipinski definition) is 2. The smallest absolute Gasteiger partial charge is 0.204 e. The molecule has 0 bridgehead atoms. The third-order valence-corrected chi connectivity index (χ3v) is 3.86. The van der Waals surface area contributed by atoms with Crippen LogP contribution in [0.5, 0.6) is 0 Å². The van der Waals surface area contributed by atoms with Crippen LogP contribution in [0.2, 0.25) is 0 Å². The van der Waals surface area contributed by atoms with Crippen molar-refractivity contribution in [3.8, 4) is 0 Å². The number of azide groups is 1. The fourth-order valence-electron chi connectivity index (χ4n) is 1.66. The second kappa shape index (κ2) is 8.37. The summed E-state index contributed by atoms with van der Waals surface area (Å²) < 4.78 is 27.8. The molecule has 0 spiro atoms. The molecule has 0 unspecified atom stereocenters. The number of hydrogen-bond donors (Lipinski definition) is 0. The van der Waals surface area contributed by atoms with Gasteiger partial charge in [0.05, 0.1) is 0 Å². The summed E-state index contributed by atoms with van der Waals surface area (Å²) in [6, 6.07) is 9.20. The van der Waals surface area contributed by atoms with Crippen LogP contribution >= 0.6 is 0 Å². The molecule has 0 N–H and O–H groups in total. The second-order valence-electron chi connectivity index (χ2n) is 4.14. The molecule has 1 aromatic rings. The van der Waals surface area contributed by atoms with Gasteiger partial charge in [0.2, 0.25) is 0 Å². The van der Waals surface area contributed by atoms with E-state index in [-0.39, 0.29) is 13.1 Å². The lowest BCUT2D eigenvalue weighted by atomic mass is 10.2. The third-order valence-electron chi connectivity index (χ3n) is 2.62. The summed E-state index contributed by atoms with van der Waals surface area (Å²) in [4.78, 5) is 2.39. The van der Waals surface area contributed by atoms with E-state index in [4.69, 9.17) is 5.53 Å². The van der Waals surface area contributed by atoms with E-state index in [1.807, 2.05) is 49.4 Å². The molecule has 0 atom stereocenters. The lowest BCUT2D eigenvalue weighted by Crippen LogP contribution is -2.29. The fraction of sp³-hybridized carbons (Fsp3) is 0.385. The maximum atomic E-state index is 11.9. The van der Waals surface area contributed by atoms with Gasteiger partial charge in [0.15, 0.2) is 0 Å². The van der Waals surface area contributed by atoms with Crippen LogP contribution in [-0.4, -0.2) is 19.3 Å². The van der Waals surface area contributed by atoms with Crippen molar-refractivity contribution < 1.29 is 8.42 Å². The molecule has 0 fully saturated rings. The van der Waals surface area contributed by atoms with Crippen molar-refractivity contribution in [2.75, 3.05) is 6.54 Å². The Morgan fingerprint density at radius 3 is 2.60 bits per heavy atom. The Balaban J connectivity index is 2.84.